The van der Waals surface area contributed by atoms with Gasteiger partial charge in [-0.2, -0.15) is 0 Å². The smallest absolute Gasteiger partial charge is 0.0848 e. The lowest BCUT2D eigenvalue weighted by atomic mass is 10.1. The van der Waals surface area contributed by atoms with Gasteiger partial charge in [0.05, 0.1) is 6.10 Å². The van der Waals surface area contributed by atoms with E-state index >= 15 is 0 Å². The summed E-state index contributed by atoms with van der Waals surface area (Å²) in [6.07, 6.45) is 1.56. The second-order valence-electron chi connectivity index (χ2n) is 8.13. The molecule has 0 heterocycles. The van der Waals surface area contributed by atoms with Crippen molar-refractivity contribution >= 4 is 11.6 Å². The molecule has 156 valence electrons. The molecule has 0 amide bonds. The second-order valence-corrected chi connectivity index (χ2v) is 8.56. The maximum Gasteiger partial charge on any atom is 0.0848 e. The van der Waals surface area contributed by atoms with Crippen LogP contribution >= 0.6 is 11.6 Å². The van der Waals surface area contributed by atoms with Crippen LogP contribution in [0.5, 0.6) is 0 Å². The molecule has 0 radical (unpaired) electrons. The number of aliphatic hydroxyl groups excluding tert-OH is 1. The molecule has 3 aromatic carbocycles. The minimum absolute atomic E-state index is 0.110. The zero-order valence-corrected chi connectivity index (χ0v) is 17.9. The van der Waals surface area contributed by atoms with Gasteiger partial charge in [-0.25, -0.2) is 0 Å². The Balaban J connectivity index is 1.45. The zero-order valence-electron chi connectivity index (χ0n) is 17.1. The van der Waals surface area contributed by atoms with Crippen LogP contribution in [0.4, 0.5) is 0 Å². The summed E-state index contributed by atoms with van der Waals surface area (Å²) < 4.78 is 0. The summed E-state index contributed by atoms with van der Waals surface area (Å²) in [5.74, 6) is 0. The molecule has 1 saturated carbocycles. The molecule has 0 saturated heterocycles. The number of hydrogen-bond acceptors (Lipinski definition) is 3. The van der Waals surface area contributed by atoms with Crippen LogP contribution < -0.4 is 5.32 Å². The highest BCUT2D eigenvalue weighted by molar-refractivity contribution is 6.30. The van der Waals surface area contributed by atoms with Crippen molar-refractivity contribution in [3.05, 3.63) is 107 Å². The normalized spacial score (nSPS) is 21.2. The Bertz CT molecular complexity index is 901. The van der Waals surface area contributed by atoms with Crippen LogP contribution in [0, 0.1) is 0 Å². The Kier molecular flexibility index (Phi) is 7.19. The summed E-state index contributed by atoms with van der Waals surface area (Å²) in [5.41, 5.74) is 3.72. The van der Waals surface area contributed by atoms with E-state index in [1.807, 2.05) is 24.3 Å². The van der Waals surface area contributed by atoms with E-state index in [0.29, 0.717) is 0 Å². The lowest BCUT2D eigenvalue weighted by molar-refractivity contribution is 0.0466. The predicted octanol–water partition coefficient (Wildman–Crippen LogP) is 5.02. The molecular formula is C26H29ClN2O. The standard InChI is InChI=1S/C26H29ClN2O/c27-23-13-11-22(12-14-23)19-29(18-21-9-5-2-6-10-21)25-16-15-24(26(25)30)28-17-20-7-3-1-4-8-20/h1-14,24-26,28,30H,15-19H2/t24-,25-,26-/m1/s1. The van der Waals surface area contributed by atoms with E-state index < -0.39 is 6.10 Å². The zero-order chi connectivity index (χ0) is 20.8. The van der Waals surface area contributed by atoms with Crippen molar-refractivity contribution in [2.75, 3.05) is 0 Å². The van der Waals surface area contributed by atoms with Crippen LogP contribution in [-0.2, 0) is 19.6 Å². The number of hydrogen-bond donors (Lipinski definition) is 2. The fourth-order valence-electron chi connectivity index (χ4n) is 4.36. The Morgan fingerprint density at radius 1 is 0.767 bits per heavy atom. The lowest BCUT2D eigenvalue weighted by Gasteiger charge is -2.32. The average molecular weight is 421 g/mol. The first-order valence-electron chi connectivity index (χ1n) is 10.7. The van der Waals surface area contributed by atoms with Crippen molar-refractivity contribution in [2.45, 2.75) is 50.7 Å². The molecule has 0 unspecified atom stereocenters. The molecule has 0 aromatic heterocycles. The topological polar surface area (TPSA) is 35.5 Å². The van der Waals surface area contributed by atoms with Crippen LogP contribution in [0.3, 0.4) is 0 Å². The number of benzene rings is 3. The molecule has 3 atom stereocenters. The van der Waals surface area contributed by atoms with E-state index in [9.17, 15) is 5.11 Å². The van der Waals surface area contributed by atoms with E-state index in [1.165, 1.54) is 16.7 Å². The van der Waals surface area contributed by atoms with Gasteiger partial charge in [-0.3, -0.25) is 4.90 Å². The quantitative estimate of drug-likeness (QED) is 0.536. The summed E-state index contributed by atoms with van der Waals surface area (Å²) >= 11 is 6.07. The van der Waals surface area contributed by atoms with E-state index in [-0.39, 0.29) is 12.1 Å². The molecule has 1 fully saturated rings. The fraction of sp³-hybridized carbons (Fsp3) is 0.308. The van der Waals surface area contributed by atoms with Gasteiger partial charge in [-0.15, -0.1) is 0 Å². The second kappa shape index (κ2) is 10.2. The maximum atomic E-state index is 11.2. The van der Waals surface area contributed by atoms with Crippen LogP contribution in [0.1, 0.15) is 29.5 Å². The van der Waals surface area contributed by atoms with Crippen molar-refractivity contribution in [3.63, 3.8) is 0 Å². The van der Waals surface area contributed by atoms with Gasteiger partial charge < -0.3 is 10.4 Å². The monoisotopic (exact) mass is 420 g/mol. The van der Waals surface area contributed by atoms with Gasteiger partial charge in [-0.05, 0) is 41.7 Å². The van der Waals surface area contributed by atoms with Crippen molar-refractivity contribution < 1.29 is 5.11 Å². The van der Waals surface area contributed by atoms with Gasteiger partial charge in [0.25, 0.3) is 0 Å². The molecule has 1 aliphatic rings. The summed E-state index contributed by atoms with van der Waals surface area (Å²) in [7, 11) is 0. The molecular weight excluding hydrogens is 392 g/mol. The molecule has 1 aliphatic carbocycles. The first-order chi connectivity index (χ1) is 14.7. The minimum Gasteiger partial charge on any atom is -0.390 e. The summed E-state index contributed by atoms with van der Waals surface area (Å²) in [6, 6.07) is 29.1. The van der Waals surface area contributed by atoms with E-state index in [4.69, 9.17) is 11.6 Å². The first-order valence-corrected chi connectivity index (χ1v) is 11.0. The van der Waals surface area contributed by atoms with Crippen molar-refractivity contribution in [3.8, 4) is 0 Å². The third-order valence-electron chi connectivity index (χ3n) is 5.99. The predicted molar refractivity (Wildman–Crippen MR) is 123 cm³/mol. The number of rotatable bonds is 8. The maximum absolute atomic E-state index is 11.2. The highest BCUT2D eigenvalue weighted by Crippen LogP contribution is 2.28. The Labute approximate surface area is 184 Å². The third kappa shape index (κ3) is 5.50. The van der Waals surface area contributed by atoms with Crippen LogP contribution in [0.25, 0.3) is 0 Å². The van der Waals surface area contributed by atoms with Gasteiger partial charge in [0.2, 0.25) is 0 Å². The number of nitrogens with zero attached hydrogens (tertiary/aromatic N) is 1. The van der Waals surface area contributed by atoms with Gasteiger partial charge in [0, 0.05) is 36.7 Å². The van der Waals surface area contributed by atoms with Crippen LogP contribution in [0.15, 0.2) is 84.9 Å². The van der Waals surface area contributed by atoms with Gasteiger partial charge in [0.1, 0.15) is 0 Å². The fourth-order valence-corrected chi connectivity index (χ4v) is 4.48. The summed E-state index contributed by atoms with van der Waals surface area (Å²) in [5, 5.41) is 15.5. The molecule has 3 nitrogen and oxygen atoms in total. The Morgan fingerprint density at radius 2 is 1.33 bits per heavy atom. The molecule has 0 spiro atoms. The van der Waals surface area contributed by atoms with Crippen molar-refractivity contribution in [1.29, 1.82) is 0 Å². The first kappa shape index (κ1) is 21.1. The van der Waals surface area contributed by atoms with E-state index in [0.717, 1.165) is 37.5 Å². The largest absolute Gasteiger partial charge is 0.390 e. The number of aliphatic hydroxyl groups is 1. The Morgan fingerprint density at radius 3 is 1.97 bits per heavy atom. The van der Waals surface area contributed by atoms with Gasteiger partial charge in [-0.1, -0.05) is 84.4 Å². The SMILES string of the molecule is O[C@H]1[C@H](N(Cc2ccccc2)Cc2ccc(Cl)cc2)CC[C@H]1NCc1ccccc1. The van der Waals surface area contributed by atoms with E-state index in [1.54, 1.807) is 0 Å². The molecule has 4 heteroatoms. The van der Waals surface area contributed by atoms with Crippen molar-refractivity contribution in [2.24, 2.45) is 0 Å². The van der Waals surface area contributed by atoms with Gasteiger partial charge in [0.15, 0.2) is 0 Å². The Hall–Kier alpha value is -2.17. The summed E-state index contributed by atoms with van der Waals surface area (Å²) in [4.78, 5) is 2.41. The van der Waals surface area contributed by atoms with Crippen LogP contribution in [-0.4, -0.2) is 28.2 Å². The molecule has 0 aliphatic heterocycles. The molecule has 2 N–H and O–H groups in total. The molecule has 3 aromatic rings. The lowest BCUT2D eigenvalue weighted by Crippen LogP contribution is -2.46. The molecule has 0 bridgehead atoms. The van der Waals surface area contributed by atoms with Crippen LogP contribution in [0.2, 0.25) is 5.02 Å². The highest BCUT2D eigenvalue weighted by atomic mass is 35.5. The van der Waals surface area contributed by atoms with Crippen molar-refractivity contribution in [1.82, 2.24) is 10.2 Å². The number of nitrogens with one attached hydrogen (secondary N) is 1. The third-order valence-corrected chi connectivity index (χ3v) is 6.24. The van der Waals surface area contributed by atoms with Gasteiger partial charge >= 0.3 is 0 Å². The average Bonchev–Trinajstić information content (AvgIpc) is 3.15. The number of halogens is 1. The van der Waals surface area contributed by atoms with E-state index in [2.05, 4.69) is 70.9 Å². The minimum atomic E-state index is -0.398. The summed E-state index contributed by atoms with van der Waals surface area (Å²) in [6.45, 7) is 2.39. The molecule has 4 rings (SSSR count). The molecule has 30 heavy (non-hydrogen) atoms. The highest BCUT2D eigenvalue weighted by Gasteiger charge is 2.38.